The molecule has 4 heterocycles. The second-order valence-electron chi connectivity index (χ2n) is 14.8. The topological polar surface area (TPSA) is 82.3 Å². The van der Waals surface area contributed by atoms with E-state index in [-0.39, 0.29) is 0 Å². The summed E-state index contributed by atoms with van der Waals surface area (Å²) in [5, 5.41) is 5.66. The third-order valence-corrected chi connectivity index (χ3v) is 11.9. The molecular weight excluding hydrogens is 755 g/mol. The molecule has 0 unspecified atom stereocenters. The highest BCUT2D eigenvalue weighted by Crippen LogP contribution is 2.38. The molecule has 4 aromatic heterocycles. The Kier molecular flexibility index (Phi) is 7.89. The van der Waals surface area contributed by atoms with Gasteiger partial charge in [0.2, 0.25) is 0 Å². The van der Waals surface area contributed by atoms with Crippen molar-refractivity contribution in [1.82, 2.24) is 33.3 Å². The molecule has 0 bridgehead atoms. The number of nitrogens with zero attached hydrogens (tertiary/aromatic N) is 7. The van der Waals surface area contributed by atoms with Crippen molar-refractivity contribution in [3.8, 4) is 62.2 Å². The van der Waals surface area contributed by atoms with E-state index < -0.39 is 0 Å². The summed E-state index contributed by atoms with van der Waals surface area (Å²) < 4.78 is 11.5. The van der Waals surface area contributed by atoms with Gasteiger partial charge < -0.3 is 4.57 Å². The van der Waals surface area contributed by atoms with Crippen LogP contribution >= 0.6 is 11.7 Å². The molecule has 0 fully saturated rings. The van der Waals surface area contributed by atoms with Gasteiger partial charge in [0.05, 0.1) is 34.0 Å². The number of para-hydroxylation sites is 3. The maximum Gasteiger partial charge on any atom is 0.164 e. The summed E-state index contributed by atoms with van der Waals surface area (Å²) in [6.07, 6.45) is 0. The number of pyridine rings is 1. The highest BCUT2D eigenvalue weighted by molar-refractivity contribution is 7.00. The molecule has 0 N–H and O–H groups in total. The highest BCUT2D eigenvalue weighted by atomic mass is 32.1. The standard InChI is InChI=1S/C52H31N7S/c1-2-12-34(13-3-1)50-54-51(56-52(55-50)37-16-11-17-38(31-37)59-45-22-8-5-18-39(45)40-19-6-9-23-46(40)59)36-15-10-14-35(30-36)32-24-26-33(27-25-32)48-42-28-29-44-49(58-60-57-44)47(42)41-20-4-7-21-43(41)53-48/h1-31H. The lowest BCUT2D eigenvalue weighted by atomic mass is 9.97. The summed E-state index contributed by atoms with van der Waals surface area (Å²) in [7, 11) is 0. The van der Waals surface area contributed by atoms with Gasteiger partial charge in [-0.25, -0.2) is 19.9 Å². The summed E-state index contributed by atoms with van der Waals surface area (Å²) in [5.74, 6) is 1.83. The fourth-order valence-electron chi connectivity index (χ4n) is 8.50. The van der Waals surface area contributed by atoms with Crippen LogP contribution in [0.5, 0.6) is 0 Å². The molecule has 8 heteroatoms. The largest absolute Gasteiger partial charge is 0.309 e. The molecule has 0 aliphatic rings. The van der Waals surface area contributed by atoms with Crippen LogP contribution in [0.25, 0.3) is 117 Å². The van der Waals surface area contributed by atoms with Crippen LogP contribution < -0.4 is 0 Å². The Labute approximate surface area is 348 Å². The number of hydrogen-bond acceptors (Lipinski definition) is 7. The van der Waals surface area contributed by atoms with Crippen molar-refractivity contribution in [2.24, 2.45) is 0 Å². The zero-order valence-corrected chi connectivity index (χ0v) is 32.8. The molecule has 7 nitrogen and oxygen atoms in total. The first-order chi connectivity index (χ1) is 29.7. The summed E-state index contributed by atoms with van der Waals surface area (Å²) >= 11 is 1.24. The smallest absolute Gasteiger partial charge is 0.164 e. The molecule has 0 spiro atoms. The van der Waals surface area contributed by atoms with E-state index in [0.717, 1.165) is 88.5 Å². The predicted molar refractivity (Wildman–Crippen MR) is 245 cm³/mol. The number of hydrogen-bond donors (Lipinski definition) is 0. The van der Waals surface area contributed by atoms with Gasteiger partial charge in [-0.05, 0) is 59.7 Å². The quantitative estimate of drug-likeness (QED) is 0.156. The summed E-state index contributed by atoms with van der Waals surface area (Å²) in [5.41, 5.74) is 12.9. The number of fused-ring (bicyclic) bond motifs is 8. The average Bonchev–Trinajstić information content (AvgIpc) is 3.95. The van der Waals surface area contributed by atoms with E-state index in [1.54, 1.807) is 0 Å². The van der Waals surface area contributed by atoms with Gasteiger partial charge in [0.25, 0.3) is 0 Å². The SMILES string of the molecule is c1ccc(-c2nc(-c3cccc(-c4ccc(-c5nc6ccccc6c6c5ccc5nsnc56)cc4)c3)nc(-c3cccc(-n4c5ccccc5c5ccccc54)c3)n2)cc1. The lowest BCUT2D eigenvalue weighted by Gasteiger charge is -2.12. The van der Waals surface area contributed by atoms with Crippen molar-refractivity contribution in [3.63, 3.8) is 0 Å². The normalized spacial score (nSPS) is 11.7. The highest BCUT2D eigenvalue weighted by Gasteiger charge is 2.18. The third-order valence-electron chi connectivity index (χ3n) is 11.3. The third kappa shape index (κ3) is 5.65. The van der Waals surface area contributed by atoms with Gasteiger partial charge in [-0.1, -0.05) is 140 Å². The van der Waals surface area contributed by atoms with Gasteiger partial charge in [0.15, 0.2) is 17.5 Å². The van der Waals surface area contributed by atoms with Crippen molar-refractivity contribution in [2.45, 2.75) is 0 Å². The second-order valence-corrected chi connectivity index (χ2v) is 15.4. The van der Waals surface area contributed by atoms with E-state index in [1.807, 2.05) is 42.5 Å². The maximum atomic E-state index is 5.17. The molecule has 12 rings (SSSR count). The molecule has 8 aromatic carbocycles. The van der Waals surface area contributed by atoms with Crippen LogP contribution in [-0.2, 0) is 0 Å². The molecule has 0 saturated heterocycles. The second kappa shape index (κ2) is 13.9. The Morgan fingerprint density at radius 3 is 1.68 bits per heavy atom. The lowest BCUT2D eigenvalue weighted by Crippen LogP contribution is -2.01. The van der Waals surface area contributed by atoms with Crippen LogP contribution in [0.3, 0.4) is 0 Å². The Hall–Kier alpha value is -7.94. The molecule has 0 atom stereocenters. The molecular formula is C52H31N7S. The van der Waals surface area contributed by atoms with E-state index in [9.17, 15) is 0 Å². The predicted octanol–water partition coefficient (Wildman–Crippen LogP) is 13.0. The molecule has 12 aromatic rings. The minimum atomic E-state index is 0.606. The van der Waals surface area contributed by atoms with E-state index in [1.165, 1.54) is 22.5 Å². The molecule has 0 radical (unpaired) electrons. The first kappa shape index (κ1) is 34.1. The summed E-state index contributed by atoms with van der Waals surface area (Å²) in [6.45, 7) is 0. The van der Waals surface area contributed by atoms with Crippen molar-refractivity contribution in [2.75, 3.05) is 0 Å². The summed E-state index contributed by atoms with van der Waals surface area (Å²) in [4.78, 5) is 20.5. The lowest BCUT2D eigenvalue weighted by molar-refractivity contribution is 1.07. The molecule has 280 valence electrons. The average molecular weight is 786 g/mol. The van der Waals surface area contributed by atoms with E-state index in [4.69, 9.17) is 19.9 Å². The fraction of sp³-hybridized carbons (Fsp3) is 0. The van der Waals surface area contributed by atoms with Gasteiger partial charge >= 0.3 is 0 Å². The number of rotatable bonds is 6. The molecule has 0 aliphatic carbocycles. The fourth-order valence-corrected chi connectivity index (χ4v) is 9.04. The van der Waals surface area contributed by atoms with Crippen molar-refractivity contribution in [1.29, 1.82) is 0 Å². The number of benzene rings is 8. The Balaban J connectivity index is 0.947. The Morgan fingerprint density at radius 2 is 0.933 bits per heavy atom. The Bertz CT molecular complexity index is 3560. The minimum absolute atomic E-state index is 0.606. The summed E-state index contributed by atoms with van der Waals surface area (Å²) in [6, 6.07) is 65.2. The Morgan fingerprint density at radius 1 is 0.350 bits per heavy atom. The van der Waals surface area contributed by atoms with Gasteiger partial charge in [-0.3, -0.25) is 0 Å². The van der Waals surface area contributed by atoms with Crippen molar-refractivity contribution < 1.29 is 0 Å². The number of aromatic nitrogens is 7. The zero-order valence-electron chi connectivity index (χ0n) is 31.9. The van der Waals surface area contributed by atoms with Gasteiger partial charge in [-0.2, -0.15) is 8.75 Å². The van der Waals surface area contributed by atoms with Gasteiger partial charge in [-0.15, -0.1) is 0 Å². The van der Waals surface area contributed by atoms with Crippen molar-refractivity contribution >= 4 is 66.2 Å². The van der Waals surface area contributed by atoms with E-state index >= 15 is 0 Å². The van der Waals surface area contributed by atoms with Crippen LogP contribution in [0.1, 0.15) is 0 Å². The maximum absolute atomic E-state index is 5.17. The van der Waals surface area contributed by atoms with Crippen LogP contribution in [0.2, 0.25) is 0 Å². The molecule has 60 heavy (non-hydrogen) atoms. The molecule has 0 aliphatic heterocycles. The van der Waals surface area contributed by atoms with Gasteiger partial charge in [0, 0.05) is 54.9 Å². The first-order valence-corrected chi connectivity index (χ1v) is 20.5. The van der Waals surface area contributed by atoms with Crippen LogP contribution in [0, 0.1) is 0 Å². The first-order valence-electron chi connectivity index (χ1n) is 19.8. The van der Waals surface area contributed by atoms with Crippen molar-refractivity contribution in [3.05, 3.63) is 188 Å². The monoisotopic (exact) mass is 785 g/mol. The minimum Gasteiger partial charge on any atom is -0.309 e. The van der Waals surface area contributed by atoms with Crippen LogP contribution in [0.15, 0.2) is 188 Å². The zero-order chi connectivity index (χ0) is 39.6. The molecule has 0 amide bonds. The molecule has 0 saturated carbocycles. The van der Waals surface area contributed by atoms with Gasteiger partial charge in [0.1, 0.15) is 11.0 Å². The van der Waals surface area contributed by atoms with E-state index in [0.29, 0.717) is 17.5 Å². The van der Waals surface area contributed by atoms with Crippen LogP contribution in [0.4, 0.5) is 0 Å². The van der Waals surface area contributed by atoms with E-state index in [2.05, 4.69) is 159 Å². The van der Waals surface area contributed by atoms with Crippen LogP contribution in [-0.4, -0.2) is 33.3 Å².